The zero-order valence-corrected chi connectivity index (χ0v) is 13.7. The lowest BCUT2D eigenvalue weighted by Crippen LogP contribution is -2.33. The SMILES string of the molecule is [CH2][C@@H](Cc1cccc(C(F)(F)F)c1)NC(=O)c1cc(Br)cs1. The number of alkyl halides is 3. The number of rotatable bonds is 4. The Kier molecular flexibility index (Phi) is 5.28. The molecule has 0 saturated carbocycles. The van der Waals surface area contributed by atoms with Gasteiger partial charge in [-0.2, -0.15) is 13.2 Å². The molecule has 2 aromatic rings. The molecule has 0 bridgehead atoms. The molecule has 0 saturated heterocycles. The molecular formula is C15H12BrF3NOS. The van der Waals surface area contributed by atoms with Gasteiger partial charge in [-0.3, -0.25) is 4.79 Å². The molecular weight excluding hydrogens is 379 g/mol. The van der Waals surface area contributed by atoms with Gasteiger partial charge < -0.3 is 5.32 Å². The van der Waals surface area contributed by atoms with Crippen LogP contribution >= 0.6 is 27.3 Å². The van der Waals surface area contributed by atoms with Crippen molar-refractivity contribution in [2.75, 3.05) is 0 Å². The van der Waals surface area contributed by atoms with E-state index in [1.165, 1.54) is 17.4 Å². The van der Waals surface area contributed by atoms with Crippen molar-refractivity contribution < 1.29 is 18.0 Å². The van der Waals surface area contributed by atoms with Gasteiger partial charge in [0.05, 0.1) is 10.4 Å². The zero-order chi connectivity index (χ0) is 16.3. The van der Waals surface area contributed by atoms with Crippen LogP contribution in [-0.4, -0.2) is 11.9 Å². The predicted octanol–water partition coefficient (Wildman–Crippen LogP) is 4.70. The molecule has 1 heterocycles. The fraction of sp³-hybridized carbons (Fsp3) is 0.200. The maximum absolute atomic E-state index is 12.7. The molecule has 1 amide bonds. The molecule has 22 heavy (non-hydrogen) atoms. The fourth-order valence-corrected chi connectivity index (χ4v) is 3.23. The summed E-state index contributed by atoms with van der Waals surface area (Å²) in [4.78, 5) is 12.5. The van der Waals surface area contributed by atoms with Crippen LogP contribution in [0.1, 0.15) is 20.8 Å². The van der Waals surface area contributed by atoms with E-state index in [1.807, 2.05) is 0 Å². The first-order valence-corrected chi connectivity index (χ1v) is 7.97. The third-order valence-corrected chi connectivity index (χ3v) is 4.55. The minimum atomic E-state index is -4.38. The Morgan fingerprint density at radius 3 is 2.68 bits per heavy atom. The quantitative estimate of drug-likeness (QED) is 0.804. The highest BCUT2D eigenvalue weighted by Gasteiger charge is 2.30. The number of benzene rings is 1. The highest BCUT2D eigenvalue weighted by atomic mass is 79.9. The van der Waals surface area contributed by atoms with Crippen LogP contribution in [0.2, 0.25) is 0 Å². The van der Waals surface area contributed by atoms with Crippen LogP contribution in [0.3, 0.4) is 0 Å². The number of nitrogens with one attached hydrogen (secondary N) is 1. The second kappa shape index (κ2) is 6.83. The molecule has 2 nitrogen and oxygen atoms in total. The van der Waals surface area contributed by atoms with Gasteiger partial charge >= 0.3 is 6.18 Å². The van der Waals surface area contributed by atoms with Gasteiger partial charge in [0.15, 0.2) is 0 Å². The van der Waals surface area contributed by atoms with Crippen LogP contribution in [0.15, 0.2) is 40.2 Å². The molecule has 1 N–H and O–H groups in total. The van der Waals surface area contributed by atoms with E-state index in [0.717, 1.165) is 16.6 Å². The van der Waals surface area contributed by atoms with Gasteiger partial charge in [0.1, 0.15) is 0 Å². The molecule has 0 aliphatic carbocycles. The first kappa shape index (κ1) is 17.0. The molecule has 7 heteroatoms. The second-order valence-electron chi connectivity index (χ2n) is 4.70. The normalized spacial score (nSPS) is 13.0. The van der Waals surface area contributed by atoms with Crippen molar-refractivity contribution in [1.82, 2.24) is 5.32 Å². The van der Waals surface area contributed by atoms with Gasteiger partial charge in [0.25, 0.3) is 5.91 Å². The molecule has 1 aromatic carbocycles. The Bertz CT molecular complexity index is 669. The van der Waals surface area contributed by atoms with Crippen LogP contribution in [0.4, 0.5) is 13.2 Å². The summed E-state index contributed by atoms with van der Waals surface area (Å²) >= 11 is 4.53. The van der Waals surface area contributed by atoms with Crippen molar-refractivity contribution in [3.05, 3.63) is 63.1 Å². The summed E-state index contributed by atoms with van der Waals surface area (Å²) in [5.41, 5.74) is -0.229. The van der Waals surface area contributed by atoms with Crippen LogP contribution in [0, 0.1) is 6.92 Å². The molecule has 0 aliphatic rings. The van der Waals surface area contributed by atoms with Crippen molar-refractivity contribution in [2.24, 2.45) is 0 Å². The second-order valence-corrected chi connectivity index (χ2v) is 6.53. The summed E-state index contributed by atoms with van der Waals surface area (Å²) in [6.45, 7) is 3.78. The Hall–Kier alpha value is -1.34. The Morgan fingerprint density at radius 2 is 2.09 bits per heavy atom. The standard InChI is InChI=1S/C15H12BrF3NOS/c1-9(20-14(21)13-7-12(16)8-22-13)5-10-3-2-4-11(6-10)15(17,18)19/h2-4,6-9H,1,5H2,(H,20,21)/t9-/m0/s1. The molecule has 117 valence electrons. The average Bonchev–Trinajstić information content (AvgIpc) is 2.84. The molecule has 1 aromatic heterocycles. The third-order valence-electron chi connectivity index (χ3n) is 2.86. The van der Waals surface area contributed by atoms with E-state index in [0.29, 0.717) is 10.4 Å². The van der Waals surface area contributed by atoms with Crippen LogP contribution in [0.25, 0.3) is 0 Å². The number of carbonyl (C=O) groups is 1. The first-order chi connectivity index (χ1) is 10.3. The summed E-state index contributed by atoms with van der Waals surface area (Å²) in [5.74, 6) is -0.289. The smallest absolute Gasteiger partial charge is 0.348 e. The van der Waals surface area contributed by atoms with E-state index < -0.39 is 17.8 Å². The fourth-order valence-electron chi connectivity index (χ4n) is 1.90. The number of halogens is 4. The molecule has 0 unspecified atom stereocenters. The molecule has 2 rings (SSSR count). The number of carbonyl (C=O) groups excluding carboxylic acids is 1. The van der Waals surface area contributed by atoms with Crippen molar-refractivity contribution >= 4 is 33.2 Å². The highest BCUT2D eigenvalue weighted by Crippen LogP contribution is 2.29. The molecule has 0 spiro atoms. The Morgan fingerprint density at radius 1 is 1.36 bits per heavy atom. The lowest BCUT2D eigenvalue weighted by atomic mass is 10.0. The van der Waals surface area contributed by atoms with E-state index in [1.54, 1.807) is 17.5 Å². The van der Waals surface area contributed by atoms with Crippen LogP contribution in [0.5, 0.6) is 0 Å². The summed E-state index contributed by atoms with van der Waals surface area (Å²) < 4.78 is 38.8. The van der Waals surface area contributed by atoms with Crippen molar-refractivity contribution in [3.63, 3.8) is 0 Å². The molecule has 1 radical (unpaired) electrons. The van der Waals surface area contributed by atoms with Gasteiger partial charge in [-0.25, -0.2) is 0 Å². The van der Waals surface area contributed by atoms with E-state index >= 15 is 0 Å². The average molecular weight is 391 g/mol. The van der Waals surface area contributed by atoms with Crippen molar-refractivity contribution in [3.8, 4) is 0 Å². The van der Waals surface area contributed by atoms with Crippen molar-refractivity contribution in [2.45, 2.75) is 18.6 Å². The van der Waals surface area contributed by atoms with Crippen LogP contribution < -0.4 is 5.32 Å². The molecule has 1 atom stereocenters. The van der Waals surface area contributed by atoms with E-state index in [9.17, 15) is 18.0 Å². The summed E-state index contributed by atoms with van der Waals surface area (Å²) in [6, 6.07) is 6.19. The first-order valence-electron chi connectivity index (χ1n) is 6.30. The lowest BCUT2D eigenvalue weighted by Gasteiger charge is -2.14. The molecule has 0 aliphatic heterocycles. The number of hydrogen-bond donors (Lipinski definition) is 1. The van der Waals surface area contributed by atoms with Gasteiger partial charge in [0, 0.05) is 15.9 Å². The molecule has 0 fully saturated rings. The third kappa shape index (κ3) is 4.58. The minimum absolute atomic E-state index is 0.224. The summed E-state index contributed by atoms with van der Waals surface area (Å²) in [5, 5.41) is 4.45. The Balaban J connectivity index is 2.00. The maximum Gasteiger partial charge on any atom is 0.416 e. The lowest BCUT2D eigenvalue weighted by molar-refractivity contribution is -0.137. The predicted molar refractivity (Wildman–Crippen MR) is 83.8 cm³/mol. The maximum atomic E-state index is 12.7. The van der Waals surface area contributed by atoms with Gasteiger partial charge in [0.2, 0.25) is 0 Å². The van der Waals surface area contributed by atoms with E-state index in [2.05, 4.69) is 28.2 Å². The minimum Gasteiger partial charge on any atom is -0.348 e. The van der Waals surface area contributed by atoms with Gasteiger partial charge in [-0.15, -0.1) is 11.3 Å². The van der Waals surface area contributed by atoms with Crippen LogP contribution in [-0.2, 0) is 12.6 Å². The topological polar surface area (TPSA) is 29.1 Å². The Labute approximate surface area is 138 Å². The largest absolute Gasteiger partial charge is 0.416 e. The summed E-state index contributed by atoms with van der Waals surface area (Å²) in [7, 11) is 0. The van der Waals surface area contributed by atoms with Crippen molar-refractivity contribution in [1.29, 1.82) is 0 Å². The number of hydrogen-bond acceptors (Lipinski definition) is 2. The number of thiophene rings is 1. The highest BCUT2D eigenvalue weighted by molar-refractivity contribution is 9.10. The zero-order valence-electron chi connectivity index (χ0n) is 11.3. The number of amides is 1. The van der Waals surface area contributed by atoms with Gasteiger partial charge in [-0.05, 0) is 47.0 Å². The summed E-state index contributed by atoms with van der Waals surface area (Å²) in [6.07, 6.45) is -4.15. The van der Waals surface area contributed by atoms with Gasteiger partial charge in [-0.1, -0.05) is 18.2 Å². The van der Waals surface area contributed by atoms with E-state index in [-0.39, 0.29) is 12.3 Å². The van der Waals surface area contributed by atoms with E-state index in [4.69, 9.17) is 0 Å². The monoisotopic (exact) mass is 390 g/mol.